The van der Waals surface area contributed by atoms with E-state index in [1.165, 1.54) is 132 Å². The molecule has 9 heteroatoms. The fraction of sp³-hybridized carbons (Fsp3) is 0.0909. The van der Waals surface area contributed by atoms with Gasteiger partial charge in [0.15, 0.2) is 0 Å². The molecule has 0 aliphatic rings. The van der Waals surface area contributed by atoms with Crippen molar-refractivity contribution in [3.63, 3.8) is 0 Å². The zero-order chi connectivity index (χ0) is 52.4. The number of rotatable bonds is 8. The van der Waals surface area contributed by atoms with Gasteiger partial charge >= 0.3 is 455 Å². The summed E-state index contributed by atoms with van der Waals surface area (Å²) in [6.45, 7) is 13.4. The molecule has 0 aliphatic heterocycles. The molecule has 0 spiro atoms. The predicted molar refractivity (Wildman–Crippen MR) is 315 cm³/mol. The van der Waals surface area contributed by atoms with Crippen molar-refractivity contribution in [3.05, 3.63) is 262 Å². The molecule has 0 aliphatic carbocycles. The van der Waals surface area contributed by atoms with Crippen LogP contribution in [0.5, 0.6) is 0 Å². The normalized spacial score (nSPS) is 11.8. The molecule has 0 aromatic heterocycles. The Kier molecular flexibility index (Phi) is 15.2. The standard InChI is InChI=1S/2C33H27As.2FH.2NO.W/c2*1-22-16-19-31(28-13-7-4-10-25(22)28)34(32-20-17-23(2)26-11-5-8-14-29(26)32)33-21-18-24(3)27-12-6-9-15-30(27)33;;;2*1-2;/h2*4-21H,1-3H3;2*1H;;;/q;;;;2*-1;+4/p-2. The Balaban J connectivity index is 0.000000152. The molecule has 12 aromatic carbocycles. The summed E-state index contributed by atoms with van der Waals surface area (Å²) >= 11 is -9.97. The molecule has 0 unspecified atom stereocenters. The van der Waals surface area contributed by atoms with Gasteiger partial charge < -0.3 is 0 Å². The van der Waals surface area contributed by atoms with Gasteiger partial charge in [0, 0.05) is 0 Å². The molecule has 0 heterocycles. The van der Waals surface area contributed by atoms with Crippen molar-refractivity contribution in [1.82, 2.24) is 0 Å². The van der Waals surface area contributed by atoms with Crippen LogP contribution in [0.4, 0.5) is 6.32 Å². The molecule has 0 bridgehead atoms. The molecule has 0 atom stereocenters. The number of nitroso groups, excluding NO2 is 2. The van der Waals surface area contributed by atoms with Gasteiger partial charge in [0.1, 0.15) is 0 Å². The summed E-state index contributed by atoms with van der Waals surface area (Å²) < 4.78 is 33.9. The summed E-state index contributed by atoms with van der Waals surface area (Å²) in [7, 11) is 0. The van der Waals surface area contributed by atoms with Crippen LogP contribution in [0.2, 0.25) is 0 Å². The van der Waals surface area contributed by atoms with Crippen LogP contribution in [0.1, 0.15) is 33.4 Å². The average Bonchev–Trinajstić information content (AvgIpc) is 3.45. The van der Waals surface area contributed by atoms with Crippen LogP contribution in [0.25, 0.3) is 64.6 Å². The molecule has 0 fully saturated rings. The minimum atomic E-state index is -6.13. The summed E-state index contributed by atoms with van der Waals surface area (Å²) in [5, 5.41) is 16.6. The first-order valence-corrected chi connectivity index (χ1v) is 35.3. The van der Waals surface area contributed by atoms with E-state index in [1.54, 1.807) is 0 Å². The SMILES string of the molecule is Cc1ccc([As](c2ccc(C)c3ccccc23)c2ccc(C)c3ccccc23)c2ccccc12.Cc1ccc([As](c2ccc(C)c3ccccc23)c2ccc(C)c3ccccc23)c2ccccc12.O=[N][W]([F])([F])[N]=O. The Bertz CT molecular complexity index is 3490. The second kappa shape index (κ2) is 22.1. The number of aryl methyl sites for hydroxylation is 6. The van der Waals surface area contributed by atoms with Crippen LogP contribution in [-0.4, -0.2) is 29.3 Å². The van der Waals surface area contributed by atoms with Gasteiger partial charge in [0.2, 0.25) is 0 Å². The molecular weight excluding hydrogens is 1220 g/mol. The van der Waals surface area contributed by atoms with Crippen molar-refractivity contribution in [3.8, 4) is 0 Å². The van der Waals surface area contributed by atoms with E-state index < -0.39 is 46.9 Å². The van der Waals surface area contributed by atoms with Gasteiger partial charge in [-0.2, -0.15) is 0 Å². The van der Waals surface area contributed by atoms with Crippen LogP contribution in [0, 0.1) is 51.4 Å². The van der Waals surface area contributed by atoms with Crippen LogP contribution in [0.3, 0.4) is 0 Å². The Labute approximate surface area is 451 Å². The Morgan fingerprint density at radius 3 is 0.533 bits per heavy atom. The van der Waals surface area contributed by atoms with Gasteiger partial charge in [-0.3, -0.25) is 0 Å². The van der Waals surface area contributed by atoms with Crippen LogP contribution >= 0.6 is 0 Å². The second-order valence-electron chi connectivity index (χ2n) is 18.9. The Morgan fingerprint density at radius 1 is 0.253 bits per heavy atom. The quantitative estimate of drug-likeness (QED) is 0.112. The van der Waals surface area contributed by atoms with Gasteiger partial charge in [-0.1, -0.05) is 0 Å². The third kappa shape index (κ3) is 10.2. The van der Waals surface area contributed by atoms with Gasteiger partial charge in [-0.05, 0) is 0 Å². The van der Waals surface area contributed by atoms with Crippen LogP contribution < -0.4 is 26.1 Å². The Hall–Kier alpha value is -6.93. The van der Waals surface area contributed by atoms with E-state index in [1.807, 2.05) is 0 Å². The molecule has 0 radical (unpaired) electrons. The van der Waals surface area contributed by atoms with E-state index in [0.717, 1.165) is 0 Å². The fourth-order valence-electron chi connectivity index (χ4n) is 10.6. The van der Waals surface area contributed by atoms with Crippen molar-refractivity contribution < 1.29 is 23.9 Å². The number of hydrogen-bond donors (Lipinski definition) is 0. The third-order valence-corrected chi connectivity index (χ3v) is 26.6. The third-order valence-electron chi connectivity index (χ3n) is 14.3. The minimum absolute atomic E-state index is 1.28. The van der Waals surface area contributed by atoms with Gasteiger partial charge in [-0.25, -0.2) is 0 Å². The number of fused-ring (bicyclic) bond motifs is 6. The number of halogens is 2. The summed E-state index contributed by atoms with van der Waals surface area (Å²) in [6, 6.07) is 82.2. The van der Waals surface area contributed by atoms with Crippen molar-refractivity contribution >= 4 is 120 Å². The van der Waals surface area contributed by atoms with Crippen molar-refractivity contribution in [2.24, 2.45) is 7.47 Å². The van der Waals surface area contributed by atoms with E-state index in [0.29, 0.717) is 0 Å². The average molecular weight is 1280 g/mol. The molecule has 0 N–H and O–H groups in total. The number of hydrogen-bond acceptors (Lipinski definition) is 4. The van der Waals surface area contributed by atoms with E-state index in [-0.39, 0.29) is 0 Å². The molecule has 0 saturated carbocycles. The first-order valence-electron chi connectivity index (χ1n) is 24.8. The molecule has 12 rings (SSSR count). The zero-order valence-electron chi connectivity index (χ0n) is 42.6. The molecule has 0 amide bonds. The number of nitrogens with zero attached hydrogens (tertiary/aromatic N) is 2. The van der Waals surface area contributed by atoms with Crippen molar-refractivity contribution in [2.75, 3.05) is 0 Å². The van der Waals surface area contributed by atoms with E-state index in [2.05, 4.69) is 260 Å². The van der Waals surface area contributed by atoms with Crippen molar-refractivity contribution in [2.45, 2.75) is 41.5 Å². The van der Waals surface area contributed by atoms with Crippen LogP contribution in [0.15, 0.2) is 226 Å². The summed E-state index contributed by atoms with van der Waals surface area (Å²) in [5.41, 5.74) is 8.06. The fourth-order valence-corrected chi connectivity index (χ4v) is 22.2. The first-order chi connectivity index (χ1) is 36.4. The van der Waals surface area contributed by atoms with E-state index >= 15 is 0 Å². The van der Waals surface area contributed by atoms with Gasteiger partial charge in [0.05, 0.1) is 0 Å². The van der Waals surface area contributed by atoms with Crippen molar-refractivity contribution in [1.29, 1.82) is 0 Å². The summed E-state index contributed by atoms with van der Waals surface area (Å²) in [6.07, 6.45) is 0. The maximum absolute atomic E-state index is 11.1. The topological polar surface area (TPSA) is 58.9 Å². The molecule has 12 aromatic rings. The van der Waals surface area contributed by atoms with Gasteiger partial charge in [0.25, 0.3) is 0 Å². The monoisotopic (exact) mass is 1280 g/mol. The molecular formula is C66H54As2F2N2O2W. The summed E-state index contributed by atoms with van der Waals surface area (Å²) in [5.74, 6) is 0. The predicted octanol–water partition coefficient (Wildman–Crippen LogP) is 14.4. The first kappa shape index (κ1) is 51.5. The van der Waals surface area contributed by atoms with Crippen LogP contribution in [-0.2, 0) is 17.6 Å². The maximum atomic E-state index is 11.1. The Morgan fingerprint density at radius 2 is 0.400 bits per heavy atom. The zero-order valence-corrected chi connectivity index (χ0v) is 49.2. The molecule has 0 saturated heterocycles. The van der Waals surface area contributed by atoms with E-state index in [9.17, 15) is 6.32 Å². The molecule has 75 heavy (non-hydrogen) atoms. The number of benzene rings is 12. The summed E-state index contributed by atoms with van der Waals surface area (Å²) in [4.78, 5) is 17.7. The second-order valence-corrected chi connectivity index (χ2v) is 31.9. The van der Waals surface area contributed by atoms with Gasteiger partial charge in [-0.15, -0.1) is 0 Å². The molecule has 370 valence electrons. The van der Waals surface area contributed by atoms with E-state index in [4.69, 9.17) is 9.81 Å². The molecule has 4 nitrogen and oxygen atoms in total.